The van der Waals surface area contributed by atoms with Gasteiger partial charge in [0, 0.05) is 54.8 Å². The lowest BCUT2D eigenvalue weighted by Gasteiger charge is -2.19. The average Bonchev–Trinajstić information content (AvgIpc) is 3.45. The lowest BCUT2D eigenvalue weighted by Crippen LogP contribution is -2.21. The molecule has 0 N–H and O–H groups in total. The van der Waals surface area contributed by atoms with Crippen LogP contribution in [0.15, 0.2) is 54.9 Å². The largest absolute Gasteiger partial charge is 0.344 e. The zero-order valence-corrected chi connectivity index (χ0v) is 16.2. The van der Waals surface area contributed by atoms with E-state index in [1.54, 1.807) is 42.5 Å². The molecule has 6 heteroatoms. The molecular weight excluding hydrogens is 367 g/mol. The first kappa shape index (κ1) is 17.8. The summed E-state index contributed by atoms with van der Waals surface area (Å²) < 4.78 is 14.1. The molecule has 1 saturated carbocycles. The minimum absolute atomic E-state index is 0.192. The molecule has 1 amide bonds. The first-order valence-electron chi connectivity index (χ1n) is 9.73. The maximum atomic E-state index is 14.1. The zero-order chi connectivity index (χ0) is 20.0. The van der Waals surface area contributed by atoms with E-state index >= 15 is 0 Å². The fraction of sp³-hybridized carbons (Fsp3) is 0.261. The normalized spacial score (nSPS) is 16.0. The van der Waals surface area contributed by atoms with Crippen molar-refractivity contribution >= 4 is 18.0 Å². The number of aromatic nitrogens is 2. The molecule has 29 heavy (non-hydrogen) atoms. The number of hydrogen-bond acceptors (Lipinski definition) is 4. The summed E-state index contributed by atoms with van der Waals surface area (Å²) in [6.07, 6.45) is 6.53. The van der Waals surface area contributed by atoms with Gasteiger partial charge in [-0.2, -0.15) is 0 Å². The first-order valence-corrected chi connectivity index (χ1v) is 9.73. The Morgan fingerprint density at radius 1 is 1.17 bits per heavy atom. The number of carbonyl (C=O) groups is 1. The third-order valence-electron chi connectivity index (χ3n) is 5.92. The predicted molar refractivity (Wildman–Crippen MR) is 109 cm³/mol. The van der Waals surface area contributed by atoms with Crippen molar-refractivity contribution in [2.24, 2.45) is 0 Å². The number of amides is 1. The fourth-order valence-corrected chi connectivity index (χ4v) is 4.20. The highest BCUT2D eigenvalue weighted by Gasteiger charge is 2.52. The van der Waals surface area contributed by atoms with Crippen molar-refractivity contribution in [1.82, 2.24) is 14.9 Å². The molecule has 1 aliphatic heterocycles. The molecule has 2 aliphatic rings. The van der Waals surface area contributed by atoms with E-state index in [9.17, 15) is 9.18 Å². The summed E-state index contributed by atoms with van der Waals surface area (Å²) in [7, 11) is 1.77. The summed E-state index contributed by atoms with van der Waals surface area (Å²) in [5.74, 6) is 0.340. The number of anilines is 2. The van der Waals surface area contributed by atoms with Crippen molar-refractivity contribution in [1.29, 1.82) is 0 Å². The van der Waals surface area contributed by atoms with Crippen LogP contribution in [0.3, 0.4) is 0 Å². The van der Waals surface area contributed by atoms with Gasteiger partial charge >= 0.3 is 0 Å². The summed E-state index contributed by atoms with van der Waals surface area (Å²) in [4.78, 5) is 23.9. The van der Waals surface area contributed by atoms with Crippen molar-refractivity contribution in [2.75, 3.05) is 18.5 Å². The van der Waals surface area contributed by atoms with Crippen LogP contribution in [0.1, 0.15) is 24.0 Å². The quantitative estimate of drug-likeness (QED) is 0.619. The smallest absolute Gasteiger partial charge is 0.229 e. The minimum atomic E-state index is -0.281. The van der Waals surface area contributed by atoms with Gasteiger partial charge in [0.15, 0.2) is 0 Å². The highest BCUT2D eigenvalue weighted by atomic mass is 19.1. The standard InChI is InChI=1S/C23H21FN4O/c1-27(15-29)13-16-6-7-19-21(10-16)28(14-23(19)8-9-23)22-25-11-17(12-26-22)18-4-2-3-5-20(18)24/h2-7,10-12,15H,8-9,13-14H2,1H3. The lowest BCUT2D eigenvalue weighted by molar-refractivity contribution is -0.117. The molecule has 2 heterocycles. The molecule has 0 saturated heterocycles. The van der Waals surface area contributed by atoms with Crippen molar-refractivity contribution in [3.63, 3.8) is 0 Å². The Hall–Kier alpha value is -3.28. The van der Waals surface area contributed by atoms with Gasteiger partial charge < -0.3 is 9.80 Å². The number of nitrogens with zero attached hydrogens (tertiary/aromatic N) is 4. The van der Waals surface area contributed by atoms with Crippen LogP contribution in [0.5, 0.6) is 0 Å². The molecule has 5 nitrogen and oxygen atoms in total. The van der Waals surface area contributed by atoms with Gasteiger partial charge in [-0.1, -0.05) is 30.3 Å². The maximum absolute atomic E-state index is 14.1. The van der Waals surface area contributed by atoms with Crippen molar-refractivity contribution < 1.29 is 9.18 Å². The fourth-order valence-electron chi connectivity index (χ4n) is 4.20. The molecule has 0 atom stereocenters. The van der Waals surface area contributed by atoms with E-state index in [1.807, 2.05) is 0 Å². The molecule has 5 rings (SSSR count). The lowest BCUT2D eigenvalue weighted by atomic mass is 9.97. The van der Waals surface area contributed by atoms with Crippen LogP contribution in [-0.2, 0) is 16.8 Å². The van der Waals surface area contributed by atoms with Crippen LogP contribution in [0.2, 0.25) is 0 Å². The summed E-state index contributed by atoms with van der Waals surface area (Å²) in [6, 6.07) is 13.1. The van der Waals surface area contributed by atoms with E-state index in [1.165, 1.54) is 11.6 Å². The Balaban J connectivity index is 1.49. The number of rotatable bonds is 5. The molecule has 3 aromatic rings. The van der Waals surface area contributed by atoms with Crippen molar-refractivity contribution in [3.8, 4) is 11.1 Å². The molecule has 1 spiro atoms. The van der Waals surface area contributed by atoms with E-state index in [0.717, 1.165) is 37.0 Å². The summed E-state index contributed by atoms with van der Waals surface area (Å²) in [5, 5.41) is 0. The molecule has 1 aliphatic carbocycles. The van der Waals surface area contributed by atoms with Gasteiger partial charge in [-0.15, -0.1) is 0 Å². The predicted octanol–water partition coefficient (Wildman–Crippen LogP) is 4.05. The zero-order valence-electron chi connectivity index (χ0n) is 16.2. The van der Waals surface area contributed by atoms with E-state index in [4.69, 9.17) is 0 Å². The van der Waals surface area contributed by atoms with Crippen LogP contribution < -0.4 is 4.90 Å². The number of hydrogen-bond donors (Lipinski definition) is 0. The van der Waals surface area contributed by atoms with Gasteiger partial charge in [-0.05, 0) is 36.1 Å². The summed E-state index contributed by atoms with van der Waals surface area (Å²) in [6.45, 7) is 1.42. The third kappa shape index (κ3) is 3.05. The first-order chi connectivity index (χ1) is 14.1. The summed E-state index contributed by atoms with van der Waals surface area (Å²) >= 11 is 0. The highest BCUT2D eigenvalue weighted by molar-refractivity contribution is 5.72. The van der Waals surface area contributed by atoms with Crippen LogP contribution in [0.25, 0.3) is 11.1 Å². The van der Waals surface area contributed by atoms with Crippen LogP contribution >= 0.6 is 0 Å². The van der Waals surface area contributed by atoms with E-state index < -0.39 is 0 Å². The van der Waals surface area contributed by atoms with Crippen LogP contribution in [-0.4, -0.2) is 34.9 Å². The second-order valence-electron chi connectivity index (χ2n) is 7.99. The van der Waals surface area contributed by atoms with E-state index in [0.29, 0.717) is 23.6 Å². The number of fused-ring (bicyclic) bond motifs is 2. The van der Waals surface area contributed by atoms with Crippen molar-refractivity contribution in [2.45, 2.75) is 24.8 Å². The Kier molecular flexibility index (Phi) is 4.08. The molecule has 2 aromatic carbocycles. The number of halogens is 1. The second kappa shape index (κ2) is 6.65. The van der Waals surface area contributed by atoms with Gasteiger partial charge in [0.25, 0.3) is 0 Å². The topological polar surface area (TPSA) is 49.3 Å². The SMILES string of the molecule is CN(C=O)Cc1ccc2c(c1)N(c1ncc(-c3ccccc3F)cn1)CC21CC1. The number of benzene rings is 2. The Bertz CT molecular complexity index is 1080. The van der Waals surface area contributed by atoms with Gasteiger partial charge in [-0.3, -0.25) is 4.79 Å². The molecule has 0 bridgehead atoms. The second-order valence-corrected chi connectivity index (χ2v) is 7.99. The molecule has 0 unspecified atom stereocenters. The van der Waals surface area contributed by atoms with Gasteiger partial charge in [-0.25, -0.2) is 14.4 Å². The molecular formula is C23H21FN4O. The Labute approximate surface area is 168 Å². The average molecular weight is 388 g/mol. The molecule has 1 fully saturated rings. The molecule has 1 aromatic heterocycles. The van der Waals surface area contributed by atoms with E-state index in [2.05, 4.69) is 33.1 Å². The third-order valence-corrected chi connectivity index (χ3v) is 5.92. The maximum Gasteiger partial charge on any atom is 0.229 e. The number of carbonyl (C=O) groups excluding carboxylic acids is 1. The molecule has 0 radical (unpaired) electrons. The monoisotopic (exact) mass is 388 g/mol. The van der Waals surface area contributed by atoms with Gasteiger partial charge in [0.05, 0.1) is 0 Å². The highest BCUT2D eigenvalue weighted by Crippen LogP contribution is 2.57. The minimum Gasteiger partial charge on any atom is -0.344 e. The molecule has 146 valence electrons. The van der Waals surface area contributed by atoms with Crippen LogP contribution in [0.4, 0.5) is 16.0 Å². The van der Waals surface area contributed by atoms with Gasteiger partial charge in [0.2, 0.25) is 12.4 Å². The van der Waals surface area contributed by atoms with Crippen LogP contribution in [0, 0.1) is 5.82 Å². The van der Waals surface area contributed by atoms with Gasteiger partial charge in [0.1, 0.15) is 5.82 Å². The van der Waals surface area contributed by atoms with Crippen molar-refractivity contribution in [3.05, 3.63) is 71.8 Å². The van der Waals surface area contributed by atoms with E-state index in [-0.39, 0.29) is 11.2 Å². The summed E-state index contributed by atoms with van der Waals surface area (Å²) in [5.41, 5.74) is 4.86. The Morgan fingerprint density at radius 3 is 2.62 bits per heavy atom. The Morgan fingerprint density at radius 2 is 1.93 bits per heavy atom.